The quantitative estimate of drug-likeness (QED) is 0.371. The van der Waals surface area contributed by atoms with Crippen LogP contribution in [0.2, 0.25) is 10.0 Å². The van der Waals surface area contributed by atoms with E-state index in [1.807, 2.05) is 6.07 Å². The third kappa shape index (κ3) is 5.16. The molecule has 29 heavy (non-hydrogen) atoms. The van der Waals surface area contributed by atoms with Gasteiger partial charge in [-0.2, -0.15) is 5.10 Å². The maximum Gasteiger partial charge on any atom is 0.207 e. The van der Waals surface area contributed by atoms with Gasteiger partial charge in [0.15, 0.2) is 5.69 Å². The van der Waals surface area contributed by atoms with Crippen LogP contribution in [0.25, 0.3) is 6.08 Å². The van der Waals surface area contributed by atoms with Crippen molar-refractivity contribution in [3.8, 4) is 11.5 Å². The fourth-order valence-corrected chi connectivity index (χ4v) is 3.06. The second-order valence-corrected chi connectivity index (χ2v) is 6.95. The van der Waals surface area contributed by atoms with Crippen molar-refractivity contribution in [2.45, 2.75) is 6.61 Å². The Morgan fingerprint density at radius 2 is 2.00 bits per heavy atom. The van der Waals surface area contributed by atoms with Crippen molar-refractivity contribution in [3.63, 3.8) is 0 Å². The summed E-state index contributed by atoms with van der Waals surface area (Å²) in [6, 6.07) is 9.54. The Morgan fingerprint density at radius 3 is 2.66 bits per heavy atom. The summed E-state index contributed by atoms with van der Waals surface area (Å²) in [4.78, 5) is 12.3. The van der Waals surface area contributed by atoms with Gasteiger partial charge >= 0.3 is 0 Å². The molecule has 0 atom stereocenters. The number of halogens is 3. The maximum absolute atomic E-state index is 13.3. The summed E-state index contributed by atoms with van der Waals surface area (Å²) in [5, 5.41) is 4.33. The molecule has 1 aromatic heterocycles. The van der Waals surface area contributed by atoms with Gasteiger partial charge in [0.05, 0.1) is 17.2 Å². The standard InChI is InChI=1S/C21H17Cl2FN2O3/c1-26-11-17(23)21(25-26)19(27)7-3-13-4-8-20(28-2)14(9-13)12-29-15-5-6-18(24)16(22)10-15/h3-11H,12H2,1-2H3/b7-3+. The molecule has 0 fully saturated rings. The Morgan fingerprint density at radius 1 is 1.21 bits per heavy atom. The highest BCUT2D eigenvalue weighted by Gasteiger charge is 2.12. The molecule has 0 saturated carbocycles. The van der Waals surface area contributed by atoms with Crippen molar-refractivity contribution >= 4 is 35.1 Å². The molecule has 0 unspecified atom stereocenters. The smallest absolute Gasteiger partial charge is 0.207 e. The van der Waals surface area contributed by atoms with Gasteiger partial charge in [0.2, 0.25) is 5.78 Å². The largest absolute Gasteiger partial charge is 0.496 e. The van der Waals surface area contributed by atoms with Crippen molar-refractivity contribution in [2.24, 2.45) is 7.05 Å². The minimum Gasteiger partial charge on any atom is -0.496 e. The number of carbonyl (C=O) groups is 1. The Bertz CT molecular complexity index is 1080. The average molecular weight is 435 g/mol. The number of hydrogen-bond acceptors (Lipinski definition) is 4. The molecule has 0 amide bonds. The summed E-state index contributed by atoms with van der Waals surface area (Å²) in [5.41, 5.74) is 1.70. The first kappa shape index (κ1) is 20.9. The molecule has 0 bridgehead atoms. The monoisotopic (exact) mass is 434 g/mol. The highest BCUT2D eigenvalue weighted by molar-refractivity contribution is 6.34. The van der Waals surface area contributed by atoms with Gasteiger partial charge in [-0.25, -0.2) is 4.39 Å². The highest BCUT2D eigenvalue weighted by Crippen LogP contribution is 2.25. The van der Waals surface area contributed by atoms with Crippen LogP contribution in [0.1, 0.15) is 21.6 Å². The number of aryl methyl sites for hydroxylation is 1. The van der Waals surface area contributed by atoms with Crippen molar-refractivity contribution in [1.82, 2.24) is 9.78 Å². The molecular formula is C21H17Cl2FN2O3. The zero-order valence-electron chi connectivity index (χ0n) is 15.7. The van der Waals surface area contributed by atoms with Gasteiger partial charge < -0.3 is 9.47 Å². The van der Waals surface area contributed by atoms with Gasteiger partial charge in [0.1, 0.15) is 23.9 Å². The van der Waals surface area contributed by atoms with Crippen LogP contribution in [0.3, 0.4) is 0 Å². The molecule has 0 aliphatic carbocycles. The Hall–Kier alpha value is -2.83. The summed E-state index contributed by atoms with van der Waals surface area (Å²) >= 11 is 11.8. The molecule has 3 rings (SSSR count). The zero-order valence-corrected chi connectivity index (χ0v) is 17.2. The molecule has 0 N–H and O–H groups in total. The third-order valence-corrected chi connectivity index (χ3v) is 4.60. The lowest BCUT2D eigenvalue weighted by Crippen LogP contribution is -2.00. The van der Waals surface area contributed by atoms with Gasteiger partial charge in [-0.05, 0) is 35.9 Å². The van der Waals surface area contributed by atoms with Crippen molar-refractivity contribution < 1.29 is 18.7 Å². The highest BCUT2D eigenvalue weighted by atomic mass is 35.5. The number of rotatable bonds is 7. The van der Waals surface area contributed by atoms with Crippen LogP contribution in [0.5, 0.6) is 11.5 Å². The number of methoxy groups -OCH3 is 1. The molecule has 150 valence electrons. The molecule has 3 aromatic rings. The molecule has 1 heterocycles. The van der Waals surface area contributed by atoms with Crippen LogP contribution in [-0.2, 0) is 13.7 Å². The molecule has 0 aliphatic heterocycles. The number of benzene rings is 2. The first-order chi connectivity index (χ1) is 13.9. The lowest BCUT2D eigenvalue weighted by molar-refractivity contribution is 0.104. The second kappa shape index (κ2) is 9.11. The van der Waals surface area contributed by atoms with E-state index in [4.69, 9.17) is 32.7 Å². The van der Waals surface area contributed by atoms with Gasteiger partial charge in [-0.1, -0.05) is 35.3 Å². The van der Waals surface area contributed by atoms with E-state index in [-0.39, 0.29) is 23.1 Å². The molecular weight excluding hydrogens is 418 g/mol. The number of ketones is 1. The first-order valence-electron chi connectivity index (χ1n) is 8.53. The third-order valence-electron chi connectivity index (χ3n) is 4.03. The normalized spacial score (nSPS) is 11.1. The van der Waals surface area contributed by atoms with Crippen LogP contribution in [0, 0.1) is 5.82 Å². The predicted molar refractivity (Wildman–Crippen MR) is 110 cm³/mol. The molecule has 0 saturated heterocycles. The minimum atomic E-state index is -0.513. The number of nitrogens with zero attached hydrogens (tertiary/aromatic N) is 2. The van der Waals surface area contributed by atoms with Crippen LogP contribution in [0.4, 0.5) is 4.39 Å². The zero-order chi connectivity index (χ0) is 21.0. The van der Waals surface area contributed by atoms with E-state index < -0.39 is 5.82 Å². The van der Waals surface area contributed by atoms with Crippen molar-refractivity contribution in [3.05, 3.63) is 81.4 Å². The molecule has 2 aromatic carbocycles. The first-order valence-corrected chi connectivity index (χ1v) is 9.29. The second-order valence-electron chi connectivity index (χ2n) is 6.13. The van der Waals surface area contributed by atoms with E-state index in [0.29, 0.717) is 16.5 Å². The van der Waals surface area contributed by atoms with E-state index in [2.05, 4.69) is 5.10 Å². The number of ether oxygens (including phenoxy) is 2. The van der Waals surface area contributed by atoms with E-state index in [9.17, 15) is 9.18 Å². The summed E-state index contributed by atoms with van der Waals surface area (Å²) in [5.74, 6) is 0.236. The predicted octanol–water partition coefficient (Wildman–Crippen LogP) is 5.35. The number of carbonyl (C=O) groups excluding carboxylic acids is 1. The molecule has 0 radical (unpaired) electrons. The SMILES string of the molecule is COc1ccc(/C=C/C(=O)c2nn(C)cc2Cl)cc1COc1ccc(F)c(Cl)c1. The van der Waals surface area contributed by atoms with Gasteiger partial charge in [0, 0.05) is 24.9 Å². The Kier molecular flexibility index (Phi) is 6.56. The van der Waals surface area contributed by atoms with Crippen LogP contribution in [0.15, 0.2) is 48.7 Å². The van der Waals surface area contributed by atoms with Gasteiger partial charge in [-0.3, -0.25) is 9.48 Å². The topological polar surface area (TPSA) is 53.3 Å². The molecule has 0 aliphatic rings. The Labute approximate surface area is 177 Å². The van der Waals surface area contributed by atoms with Crippen molar-refractivity contribution in [2.75, 3.05) is 7.11 Å². The number of hydrogen-bond donors (Lipinski definition) is 0. The molecule has 8 heteroatoms. The van der Waals surface area contributed by atoms with Crippen molar-refractivity contribution in [1.29, 1.82) is 0 Å². The molecule has 0 spiro atoms. The van der Waals surface area contributed by atoms with Gasteiger partial charge in [0.25, 0.3) is 0 Å². The van der Waals surface area contributed by atoms with Gasteiger partial charge in [-0.15, -0.1) is 0 Å². The number of aromatic nitrogens is 2. The Balaban J connectivity index is 1.76. The van der Waals surface area contributed by atoms with Crippen LogP contribution in [-0.4, -0.2) is 22.7 Å². The summed E-state index contributed by atoms with van der Waals surface area (Å²) in [7, 11) is 3.24. The van der Waals surface area contributed by atoms with E-state index in [0.717, 1.165) is 11.1 Å². The van der Waals surface area contributed by atoms with E-state index in [1.54, 1.807) is 38.6 Å². The summed E-state index contributed by atoms with van der Waals surface area (Å²) in [6.45, 7) is 0.173. The van der Waals surface area contributed by atoms with E-state index in [1.165, 1.54) is 29.0 Å². The van der Waals surface area contributed by atoms with Crippen LogP contribution < -0.4 is 9.47 Å². The lowest BCUT2D eigenvalue weighted by atomic mass is 10.1. The average Bonchev–Trinajstić information content (AvgIpc) is 3.05. The summed E-state index contributed by atoms with van der Waals surface area (Å²) < 4.78 is 25.8. The fourth-order valence-electron chi connectivity index (χ4n) is 2.62. The number of allylic oxidation sites excluding steroid dienone is 1. The maximum atomic E-state index is 13.3. The fraction of sp³-hybridized carbons (Fsp3) is 0.143. The summed E-state index contributed by atoms with van der Waals surface area (Å²) in [6.07, 6.45) is 4.62. The van der Waals surface area contributed by atoms with Crippen LogP contribution >= 0.6 is 23.2 Å². The van der Waals surface area contributed by atoms with E-state index >= 15 is 0 Å². The lowest BCUT2D eigenvalue weighted by Gasteiger charge is -2.11. The molecule has 5 nitrogen and oxygen atoms in total. The minimum absolute atomic E-state index is 0.0159.